The monoisotopic (exact) mass is 679 g/mol. The molecule has 1 atom stereocenters. The molecular weight excluding hydrogens is 647 g/mol. The van der Waals surface area contributed by atoms with Gasteiger partial charge in [-0.15, -0.1) is 11.8 Å². The number of hydrogen-bond acceptors (Lipinski definition) is 5. The summed E-state index contributed by atoms with van der Waals surface area (Å²) >= 11 is 1.33. The Morgan fingerprint density at radius 2 is 1.34 bits per heavy atom. The third-order valence-corrected chi connectivity index (χ3v) is 8.86. The Bertz CT molecular complexity index is 2180. The number of para-hydroxylation sites is 1. The number of rotatable bonds is 11. The van der Waals surface area contributed by atoms with Gasteiger partial charge in [-0.1, -0.05) is 72.8 Å². The van der Waals surface area contributed by atoms with Crippen LogP contribution < -0.4 is 21.3 Å². The van der Waals surface area contributed by atoms with Gasteiger partial charge in [0.1, 0.15) is 10.9 Å². The number of carbonyl (C=O) groups is 4. The van der Waals surface area contributed by atoms with Crippen LogP contribution in [0, 0.1) is 0 Å². The fourth-order valence-corrected chi connectivity index (χ4v) is 6.33. The molecule has 0 aliphatic heterocycles. The Morgan fingerprint density at radius 1 is 0.680 bits per heavy atom. The van der Waals surface area contributed by atoms with Crippen molar-refractivity contribution < 1.29 is 19.2 Å². The number of carbonyl (C=O) groups excluding carboxylic acids is 4. The summed E-state index contributed by atoms with van der Waals surface area (Å²) in [5.74, 6) is -1.35. The van der Waals surface area contributed by atoms with E-state index in [1.165, 1.54) is 18.7 Å². The first-order chi connectivity index (χ1) is 24.3. The second kappa shape index (κ2) is 15.7. The molecule has 4 amide bonds. The van der Waals surface area contributed by atoms with Gasteiger partial charge in [0.15, 0.2) is 0 Å². The summed E-state index contributed by atoms with van der Waals surface area (Å²) < 4.78 is 0. The Kier molecular flexibility index (Phi) is 10.5. The van der Waals surface area contributed by atoms with Crippen LogP contribution >= 0.6 is 11.8 Å². The van der Waals surface area contributed by atoms with Gasteiger partial charge in [-0.25, -0.2) is 0 Å². The lowest BCUT2D eigenvalue weighted by Gasteiger charge is -2.18. The van der Waals surface area contributed by atoms with Crippen molar-refractivity contribution in [3.63, 3.8) is 0 Å². The van der Waals surface area contributed by atoms with Crippen molar-refractivity contribution >= 4 is 69.4 Å². The van der Waals surface area contributed by atoms with E-state index in [2.05, 4.69) is 26.3 Å². The molecule has 50 heavy (non-hydrogen) atoms. The van der Waals surface area contributed by atoms with Crippen molar-refractivity contribution in [3.8, 4) is 0 Å². The predicted molar refractivity (Wildman–Crippen MR) is 200 cm³/mol. The minimum absolute atomic E-state index is 0.0627. The maximum absolute atomic E-state index is 13.8. The van der Waals surface area contributed by atoms with Gasteiger partial charge in [0.05, 0.1) is 0 Å². The fraction of sp³-hybridized carbons (Fsp3) is 0.0500. The van der Waals surface area contributed by atoms with Gasteiger partial charge in [-0.05, 0) is 72.3 Å². The molecule has 1 heterocycles. The van der Waals surface area contributed by atoms with Crippen LogP contribution in [0.2, 0.25) is 0 Å². The number of hydrogen-bond donors (Lipinski definition) is 5. The molecule has 6 rings (SSSR count). The van der Waals surface area contributed by atoms with Crippen LogP contribution in [0.1, 0.15) is 33.7 Å². The minimum atomic E-state index is -0.625. The summed E-state index contributed by atoms with van der Waals surface area (Å²) in [6, 6.07) is 39.9. The molecule has 5 aromatic carbocycles. The average Bonchev–Trinajstić information content (AvgIpc) is 3.54. The second-order valence-electron chi connectivity index (χ2n) is 11.3. The number of aromatic nitrogens is 1. The van der Waals surface area contributed by atoms with Crippen molar-refractivity contribution in [1.29, 1.82) is 0 Å². The normalized spacial score (nSPS) is 11.7. The van der Waals surface area contributed by atoms with Crippen molar-refractivity contribution in [1.82, 2.24) is 10.3 Å². The smallest absolute Gasteiger partial charge is 0.272 e. The predicted octanol–water partition coefficient (Wildman–Crippen LogP) is 8.01. The zero-order valence-electron chi connectivity index (χ0n) is 27.0. The van der Waals surface area contributed by atoms with Crippen molar-refractivity contribution in [2.75, 3.05) is 16.0 Å². The van der Waals surface area contributed by atoms with E-state index in [0.717, 1.165) is 26.9 Å². The quantitative estimate of drug-likeness (QED) is 0.0699. The Balaban J connectivity index is 1.23. The molecule has 0 fully saturated rings. The zero-order chi connectivity index (χ0) is 34.9. The Labute approximate surface area is 293 Å². The molecule has 0 aliphatic carbocycles. The van der Waals surface area contributed by atoms with Gasteiger partial charge in [0.2, 0.25) is 11.8 Å². The number of aromatic amines is 1. The second-order valence-corrected chi connectivity index (χ2v) is 12.5. The van der Waals surface area contributed by atoms with Crippen LogP contribution in [0.25, 0.3) is 17.0 Å². The Morgan fingerprint density at radius 3 is 2.06 bits per heavy atom. The first-order valence-electron chi connectivity index (χ1n) is 15.8. The summed E-state index contributed by atoms with van der Waals surface area (Å²) in [7, 11) is 0. The number of anilines is 3. The molecule has 5 N–H and O–H groups in total. The van der Waals surface area contributed by atoms with Gasteiger partial charge in [-0.2, -0.15) is 0 Å². The molecule has 10 heteroatoms. The van der Waals surface area contributed by atoms with Gasteiger partial charge < -0.3 is 26.3 Å². The standard InChI is InChI=1S/C40H33N5O4S/c1-26(46)42-30-19-21-31(22-20-30)43-40(49)37(27-11-4-2-5-12-27)50-33-16-10-15-32(24-33)44-39(48)36(45-38(47)28-13-6-3-7-14-28)23-29-25-41-35-18-9-8-17-34(29)35/h2-25,37,41H,1H3,(H,42,46)(H,43,49)(H,44,48)(H,45,47)/b36-23-. The van der Waals surface area contributed by atoms with Crippen molar-refractivity contribution in [2.45, 2.75) is 17.1 Å². The number of benzene rings is 5. The fourth-order valence-electron chi connectivity index (χ4n) is 5.24. The van der Waals surface area contributed by atoms with E-state index >= 15 is 0 Å². The molecule has 0 saturated carbocycles. The van der Waals surface area contributed by atoms with E-state index in [4.69, 9.17) is 0 Å². The molecule has 248 valence electrons. The largest absolute Gasteiger partial charge is 0.361 e. The first-order valence-corrected chi connectivity index (χ1v) is 16.7. The van der Waals surface area contributed by atoms with E-state index in [-0.39, 0.29) is 17.5 Å². The van der Waals surface area contributed by atoms with E-state index in [1.54, 1.807) is 79.0 Å². The van der Waals surface area contributed by atoms with E-state index in [1.807, 2.05) is 66.7 Å². The third-order valence-electron chi connectivity index (χ3n) is 7.61. The number of nitrogens with one attached hydrogen (secondary N) is 5. The highest BCUT2D eigenvalue weighted by Gasteiger charge is 2.23. The SMILES string of the molecule is CC(=O)Nc1ccc(NC(=O)C(Sc2cccc(NC(=O)/C(=C/c3c[nH]c4ccccc34)NC(=O)c3ccccc3)c2)c2ccccc2)cc1. The zero-order valence-corrected chi connectivity index (χ0v) is 27.8. The number of H-pyrrole nitrogens is 1. The summed E-state index contributed by atoms with van der Waals surface area (Å²) in [6.45, 7) is 1.43. The molecule has 0 saturated heterocycles. The Hall–Kier alpha value is -6.39. The highest BCUT2D eigenvalue weighted by molar-refractivity contribution is 8.00. The number of thioether (sulfide) groups is 1. The molecular formula is C40H33N5O4S. The van der Waals surface area contributed by atoms with Crippen LogP contribution in [-0.4, -0.2) is 28.6 Å². The molecule has 0 bridgehead atoms. The highest BCUT2D eigenvalue weighted by atomic mass is 32.2. The maximum Gasteiger partial charge on any atom is 0.272 e. The van der Waals surface area contributed by atoms with Crippen LogP contribution in [0.3, 0.4) is 0 Å². The summed E-state index contributed by atoms with van der Waals surface area (Å²) in [4.78, 5) is 56.0. The van der Waals surface area contributed by atoms with E-state index in [9.17, 15) is 19.2 Å². The van der Waals surface area contributed by atoms with Gasteiger partial charge in [-0.3, -0.25) is 19.2 Å². The first kappa shape index (κ1) is 33.5. The molecule has 9 nitrogen and oxygen atoms in total. The highest BCUT2D eigenvalue weighted by Crippen LogP contribution is 2.37. The van der Waals surface area contributed by atoms with Gasteiger partial charge in [0.25, 0.3) is 11.8 Å². The summed E-state index contributed by atoms with van der Waals surface area (Å²) in [5, 5.41) is 11.7. The van der Waals surface area contributed by atoms with Crippen LogP contribution in [0.4, 0.5) is 17.1 Å². The topological polar surface area (TPSA) is 132 Å². The minimum Gasteiger partial charge on any atom is -0.361 e. The summed E-state index contributed by atoms with van der Waals surface area (Å²) in [6.07, 6.45) is 3.43. The lowest BCUT2D eigenvalue weighted by atomic mass is 10.1. The van der Waals surface area contributed by atoms with Crippen molar-refractivity contribution in [3.05, 3.63) is 162 Å². The van der Waals surface area contributed by atoms with Gasteiger partial charge >= 0.3 is 0 Å². The molecule has 1 unspecified atom stereocenters. The van der Waals surface area contributed by atoms with E-state index < -0.39 is 17.1 Å². The number of fused-ring (bicyclic) bond motifs is 1. The lowest BCUT2D eigenvalue weighted by Crippen LogP contribution is -2.30. The number of amides is 4. The van der Waals surface area contributed by atoms with E-state index in [0.29, 0.717) is 22.6 Å². The molecule has 0 aliphatic rings. The molecule has 6 aromatic rings. The van der Waals surface area contributed by atoms with Crippen molar-refractivity contribution in [2.24, 2.45) is 0 Å². The van der Waals surface area contributed by atoms with Crippen LogP contribution in [0.15, 0.2) is 150 Å². The van der Waals surface area contributed by atoms with Gasteiger partial charge in [0, 0.05) is 57.1 Å². The third kappa shape index (κ3) is 8.55. The van der Waals surface area contributed by atoms with Crippen LogP contribution in [-0.2, 0) is 14.4 Å². The van der Waals surface area contributed by atoms with Crippen LogP contribution in [0.5, 0.6) is 0 Å². The lowest BCUT2D eigenvalue weighted by molar-refractivity contribution is -0.116. The molecule has 1 aromatic heterocycles. The molecule has 0 radical (unpaired) electrons. The maximum atomic E-state index is 13.8. The molecule has 0 spiro atoms. The summed E-state index contributed by atoms with van der Waals surface area (Å²) in [5.41, 5.74) is 4.61. The average molecular weight is 680 g/mol.